The van der Waals surface area contributed by atoms with E-state index in [9.17, 15) is 26.9 Å². The average molecular weight is 537 g/mol. The number of hydrogen-bond acceptors (Lipinski definition) is 7. The Morgan fingerprint density at radius 2 is 1.75 bits per heavy atom. The van der Waals surface area contributed by atoms with Gasteiger partial charge in [-0.3, -0.25) is 0 Å². The molecule has 0 atom stereocenters. The van der Waals surface area contributed by atoms with Crippen molar-refractivity contribution in [1.29, 1.82) is 5.26 Å². The van der Waals surface area contributed by atoms with Gasteiger partial charge in [-0.05, 0) is 49.2 Å². The van der Waals surface area contributed by atoms with Crippen LogP contribution in [0.5, 0.6) is 0 Å². The first-order chi connectivity index (χ1) is 17.1. The predicted molar refractivity (Wildman–Crippen MR) is 128 cm³/mol. The Morgan fingerprint density at radius 1 is 1.03 bits per heavy atom. The molecule has 3 aromatic rings. The van der Waals surface area contributed by atoms with Crippen LogP contribution in [0.4, 0.5) is 24.8 Å². The Hall–Kier alpha value is -3.14. The third kappa shape index (κ3) is 4.78. The third-order valence-electron chi connectivity index (χ3n) is 6.11. The van der Waals surface area contributed by atoms with E-state index < -0.39 is 26.8 Å². The molecule has 0 bridgehead atoms. The molecule has 0 amide bonds. The highest BCUT2D eigenvalue weighted by Crippen LogP contribution is 2.35. The molecule has 2 fully saturated rings. The van der Waals surface area contributed by atoms with Crippen LogP contribution in [0.2, 0.25) is 5.02 Å². The highest BCUT2D eigenvalue weighted by molar-refractivity contribution is 7.89. The van der Waals surface area contributed by atoms with E-state index in [2.05, 4.69) is 11.4 Å². The van der Waals surface area contributed by atoms with Crippen molar-refractivity contribution in [3.63, 3.8) is 0 Å². The van der Waals surface area contributed by atoms with E-state index in [0.29, 0.717) is 46.4 Å². The van der Waals surface area contributed by atoms with Crippen LogP contribution in [0, 0.1) is 11.3 Å². The zero-order chi connectivity index (χ0) is 25.7. The highest BCUT2D eigenvalue weighted by Gasteiger charge is 2.35. The monoisotopic (exact) mass is 536 g/mol. The highest BCUT2D eigenvalue weighted by atomic mass is 35.5. The average Bonchev–Trinajstić information content (AvgIpc) is 3.66. The summed E-state index contributed by atoms with van der Waals surface area (Å²) in [6.45, 7) is 0.741. The van der Waals surface area contributed by atoms with E-state index in [1.165, 1.54) is 4.31 Å². The standard InChI is InChI=1S/C23H20ClF3N6O2S/c24-17-12-15(23(25,26)27)2-6-20(17)36(34,35)33-9-7-32(8-10-33)22-21(29-16-3-4-16)30-18-5-1-14(13-28)11-19(18)31-22/h1-2,5-6,11-12,16H,3-4,7-10H2,(H,29,30). The Kier molecular flexibility index (Phi) is 6.18. The van der Waals surface area contributed by atoms with Crippen LogP contribution >= 0.6 is 11.6 Å². The minimum Gasteiger partial charge on any atom is -0.364 e. The molecule has 8 nitrogen and oxygen atoms in total. The van der Waals surface area contributed by atoms with Gasteiger partial charge in [0.1, 0.15) is 4.90 Å². The van der Waals surface area contributed by atoms with Gasteiger partial charge in [-0.25, -0.2) is 18.4 Å². The maximum atomic E-state index is 13.1. The number of nitriles is 1. The molecular weight excluding hydrogens is 517 g/mol. The smallest absolute Gasteiger partial charge is 0.364 e. The van der Waals surface area contributed by atoms with Gasteiger partial charge in [0.25, 0.3) is 0 Å². The van der Waals surface area contributed by atoms with Gasteiger partial charge in [0.15, 0.2) is 11.6 Å². The molecule has 1 saturated heterocycles. The molecule has 2 aliphatic rings. The minimum atomic E-state index is -4.63. The van der Waals surface area contributed by atoms with E-state index in [4.69, 9.17) is 21.6 Å². The number of benzene rings is 2. The molecule has 1 aromatic heterocycles. The summed E-state index contributed by atoms with van der Waals surface area (Å²) in [4.78, 5) is 11.0. The van der Waals surface area contributed by atoms with Crippen molar-refractivity contribution in [2.75, 3.05) is 36.4 Å². The fourth-order valence-corrected chi connectivity index (χ4v) is 5.96. The number of fused-ring (bicyclic) bond motifs is 1. The van der Waals surface area contributed by atoms with Crippen molar-refractivity contribution < 1.29 is 21.6 Å². The molecule has 1 N–H and O–H groups in total. The number of aromatic nitrogens is 2. The maximum Gasteiger partial charge on any atom is 0.416 e. The zero-order valence-electron chi connectivity index (χ0n) is 18.8. The molecule has 1 aliphatic heterocycles. The van der Waals surface area contributed by atoms with Gasteiger partial charge in [-0.1, -0.05) is 11.6 Å². The topological polar surface area (TPSA) is 102 Å². The van der Waals surface area contributed by atoms with Gasteiger partial charge in [0.2, 0.25) is 10.0 Å². The maximum absolute atomic E-state index is 13.1. The Morgan fingerprint density at radius 3 is 2.36 bits per heavy atom. The van der Waals surface area contributed by atoms with Crippen molar-refractivity contribution in [1.82, 2.24) is 14.3 Å². The van der Waals surface area contributed by atoms with Crippen LogP contribution in [0.15, 0.2) is 41.3 Å². The third-order valence-corrected chi connectivity index (χ3v) is 8.49. The Bertz CT molecular complexity index is 1480. The predicted octanol–water partition coefficient (Wildman–Crippen LogP) is 4.26. The second kappa shape index (κ2) is 9.06. The number of nitrogens with zero attached hydrogens (tertiary/aromatic N) is 5. The fourth-order valence-electron chi connectivity index (χ4n) is 4.02. The normalized spacial score (nSPS) is 17.2. The molecule has 5 rings (SSSR count). The first kappa shape index (κ1) is 24.5. The molecule has 2 heterocycles. The van der Waals surface area contributed by atoms with Gasteiger partial charge in [-0.2, -0.15) is 22.7 Å². The molecular formula is C23H20ClF3N6O2S. The Labute approximate surface area is 210 Å². The molecule has 0 spiro atoms. The summed E-state index contributed by atoms with van der Waals surface area (Å²) >= 11 is 5.95. The lowest BCUT2D eigenvalue weighted by Gasteiger charge is -2.35. The van der Waals surface area contributed by atoms with Gasteiger partial charge < -0.3 is 10.2 Å². The zero-order valence-corrected chi connectivity index (χ0v) is 20.3. The quantitative estimate of drug-likeness (QED) is 0.520. The Balaban J connectivity index is 1.39. The largest absolute Gasteiger partial charge is 0.416 e. The van der Waals surface area contributed by atoms with Crippen molar-refractivity contribution in [3.05, 3.63) is 52.5 Å². The van der Waals surface area contributed by atoms with E-state index in [0.717, 1.165) is 18.9 Å². The lowest BCUT2D eigenvalue weighted by atomic mass is 10.2. The molecule has 2 aromatic carbocycles. The molecule has 0 radical (unpaired) electrons. The van der Waals surface area contributed by atoms with E-state index in [1.54, 1.807) is 18.2 Å². The van der Waals surface area contributed by atoms with Crippen LogP contribution in [0.1, 0.15) is 24.0 Å². The molecule has 188 valence electrons. The minimum absolute atomic E-state index is 0.0838. The van der Waals surface area contributed by atoms with Crippen molar-refractivity contribution >= 4 is 44.3 Å². The van der Waals surface area contributed by atoms with E-state index in [-0.39, 0.29) is 31.1 Å². The summed E-state index contributed by atoms with van der Waals surface area (Å²) in [6, 6.07) is 9.69. The number of hydrogen-bond donors (Lipinski definition) is 1. The molecule has 1 saturated carbocycles. The summed E-state index contributed by atoms with van der Waals surface area (Å²) in [6.07, 6.45) is -2.59. The molecule has 0 unspecified atom stereocenters. The summed E-state index contributed by atoms with van der Waals surface area (Å²) in [5, 5.41) is 12.1. The SMILES string of the molecule is N#Cc1ccc2nc(NC3CC3)c(N3CCN(S(=O)(=O)c4ccc(C(F)(F)F)cc4Cl)CC3)nc2c1. The van der Waals surface area contributed by atoms with Crippen LogP contribution in [-0.2, 0) is 16.2 Å². The number of nitrogens with one attached hydrogen (secondary N) is 1. The number of sulfonamides is 1. The number of piperazine rings is 1. The molecule has 13 heteroatoms. The fraction of sp³-hybridized carbons (Fsp3) is 0.348. The lowest BCUT2D eigenvalue weighted by molar-refractivity contribution is -0.137. The van der Waals surface area contributed by atoms with Crippen molar-refractivity contribution in [2.24, 2.45) is 0 Å². The second-order valence-corrected chi connectivity index (χ2v) is 11.0. The second-order valence-electron chi connectivity index (χ2n) is 8.66. The van der Waals surface area contributed by atoms with Gasteiger partial charge in [0.05, 0.1) is 33.3 Å². The first-order valence-corrected chi connectivity index (χ1v) is 13.0. The number of alkyl halides is 3. The molecule has 1 aliphatic carbocycles. The molecule has 36 heavy (non-hydrogen) atoms. The summed E-state index contributed by atoms with van der Waals surface area (Å²) in [5.74, 6) is 1.16. The summed E-state index contributed by atoms with van der Waals surface area (Å²) in [7, 11) is -4.10. The summed E-state index contributed by atoms with van der Waals surface area (Å²) < 4.78 is 66.4. The lowest BCUT2D eigenvalue weighted by Crippen LogP contribution is -2.49. The van der Waals surface area contributed by atoms with Gasteiger partial charge in [-0.15, -0.1) is 0 Å². The summed E-state index contributed by atoms with van der Waals surface area (Å²) in [5.41, 5.74) is 0.632. The van der Waals surface area contributed by atoms with Crippen molar-refractivity contribution in [2.45, 2.75) is 30.0 Å². The number of anilines is 2. The van der Waals surface area contributed by atoms with Crippen LogP contribution in [-0.4, -0.2) is 54.9 Å². The number of halogens is 4. The van der Waals surface area contributed by atoms with Gasteiger partial charge in [0, 0.05) is 32.2 Å². The first-order valence-electron chi connectivity index (χ1n) is 11.2. The van der Waals surface area contributed by atoms with E-state index in [1.807, 2.05) is 4.90 Å². The van der Waals surface area contributed by atoms with Crippen LogP contribution in [0.25, 0.3) is 11.0 Å². The van der Waals surface area contributed by atoms with Crippen molar-refractivity contribution in [3.8, 4) is 6.07 Å². The van der Waals surface area contributed by atoms with Gasteiger partial charge >= 0.3 is 6.18 Å². The number of rotatable bonds is 5. The van der Waals surface area contributed by atoms with Crippen LogP contribution in [0.3, 0.4) is 0 Å². The van der Waals surface area contributed by atoms with E-state index >= 15 is 0 Å². The van der Waals surface area contributed by atoms with Crippen LogP contribution < -0.4 is 10.2 Å².